The molecule has 2 fully saturated rings. The van der Waals surface area contributed by atoms with Crippen LogP contribution in [-0.4, -0.2) is 122 Å². The van der Waals surface area contributed by atoms with E-state index in [9.17, 15) is 28.8 Å². The summed E-state index contributed by atoms with van der Waals surface area (Å²) in [5.41, 5.74) is 9.51. The molecule has 0 aliphatic carbocycles. The van der Waals surface area contributed by atoms with E-state index < -0.39 is 0 Å². The van der Waals surface area contributed by atoms with Gasteiger partial charge < -0.3 is 31.5 Å². The van der Waals surface area contributed by atoms with Crippen molar-refractivity contribution in [1.82, 2.24) is 36.5 Å². The van der Waals surface area contributed by atoms with Crippen LogP contribution in [0.3, 0.4) is 0 Å². The summed E-state index contributed by atoms with van der Waals surface area (Å²) >= 11 is 23.7. The van der Waals surface area contributed by atoms with Gasteiger partial charge in [0.25, 0.3) is 0 Å². The van der Waals surface area contributed by atoms with Crippen molar-refractivity contribution < 1.29 is 28.8 Å². The fraction of sp³-hybridized carbons (Fsp3) is 0.520. The summed E-state index contributed by atoms with van der Waals surface area (Å²) < 4.78 is 0. The van der Waals surface area contributed by atoms with Crippen LogP contribution in [0.5, 0.6) is 0 Å². The number of benzene rings is 6. The normalized spacial score (nSPS) is 15.6. The first-order valence-electron chi connectivity index (χ1n) is 41.6. The number of pyridine rings is 1. The standard InChI is InChI=1S/C18H21ClN2O.C17H26ClNO.C16H22ClNO.2C16H25NO.C15H20ClNO/c1-13(2)18(22)17(15-5-7-16(19)8-6-15)12-21-11-14-4-3-9-20-10-14;1-12(2)16(20)15(10-19-11-17(3,4)5)13-6-8-14(18)9-7-13;1-12(2)16(19)15(11-18-9-3-4-10-18)13-5-7-14(17)8-6-13;2*1-11(2)16(18)15(10-17-12(3)4)14-8-6-13(5)7-9-14;1-14(2,3)13(18)15(8-9-17-10-15)11-4-6-12(16)7-5-11/h3-10,13,17,21H,11-12H2,1-2H3;6-9,12,15,19H,10-11H2,1-5H3;5-8,12,15H,3-4,9-11H2,1-2H3;2*6-9,11-12,15,17H,10H2,1-5H3;4-7,17H,8-10H2,1-3H3. The van der Waals surface area contributed by atoms with Crippen LogP contribution in [0, 0.1) is 54.3 Å². The maximum absolute atomic E-state index is 12.8. The van der Waals surface area contributed by atoms with Crippen LogP contribution >= 0.6 is 46.4 Å². The average Bonchev–Trinajstić information content (AvgIpc) is 1.66. The first-order chi connectivity index (χ1) is 54.0. The van der Waals surface area contributed by atoms with Crippen LogP contribution < -0.4 is 26.6 Å². The van der Waals surface area contributed by atoms with Gasteiger partial charge in [-0.25, -0.2) is 0 Å². The van der Waals surface area contributed by atoms with E-state index in [0.717, 1.165) is 103 Å². The molecule has 2 saturated heterocycles. The number of halogens is 4. The minimum absolute atomic E-state index is 0.000806. The van der Waals surface area contributed by atoms with Gasteiger partial charge >= 0.3 is 0 Å². The number of carbonyl (C=O) groups excluding carboxylic acids is 6. The molecular formula is C98H139Cl4N7O6. The number of aromatic nitrogens is 1. The van der Waals surface area contributed by atoms with Crippen molar-refractivity contribution in [2.24, 2.45) is 40.4 Å². The Labute approximate surface area is 713 Å². The van der Waals surface area contributed by atoms with Crippen molar-refractivity contribution in [2.75, 3.05) is 65.4 Å². The molecule has 6 atom stereocenters. The Morgan fingerprint density at radius 2 is 0.774 bits per heavy atom. The molecule has 6 aromatic carbocycles. The van der Waals surface area contributed by atoms with E-state index in [1.807, 2.05) is 205 Å². The highest BCUT2D eigenvalue weighted by atomic mass is 35.5. The largest absolute Gasteiger partial charge is 0.315 e. The van der Waals surface area contributed by atoms with Gasteiger partial charge in [-0.3, -0.25) is 33.8 Å². The summed E-state index contributed by atoms with van der Waals surface area (Å²) in [5.74, 6) is 1.68. The predicted molar refractivity (Wildman–Crippen MR) is 485 cm³/mol. The van der Waals surface area contributed by atoms with Crippen LogP contribution in [-0.2, 0) is 40.7 Å². The second-order valence-electron chi connectivity index (χ2n) is 35.4. The van der Waals surface area contributed by atoms with Crippen molar-refractivity contribution in [3.63, 3.8) is 0 Å². The van der Waals surface area contributed by atoms with Crippen LogP contribution in [0.4, 0.5) is 0 Å². The highest BCUT2D eigenvalue weighted by Gasteiger charge is 2.47. The number of rotatable bonds is 32. The van der Waals surface area contributed by atoms with E-state index in [1.54, 1.807) is 6.20 Å². The molecule has 0 spiro atoms. The molecular weight excluding hydrogens is 1510 g/mol. The van der Waals surface area contributed by atoms with Crippen LogP contribution in [0.25, 0.3) is 0 Å². The van der Waals surface area contributed by atoms with E-state index in [0.29, 0.717) is 69.9 Å². The summed E-state index contributed by atoms with van der Waals surface area (Å²) in [6.45, 7) is 53.7. The number of likely N-dealkylation sites (tertiary alicyclic amines) is 1. The van der Waals surface area contributed by atoms with Crippen molar-refractivity contribution in [3.05, 3.63) is 240 Å². The molecule has 17 heteroatoms. The summed E-state index contributed by atoms with van der Waals surface area (Å²) in [6.07, 6.45) is 6.95. The van der Waals surface area contributed by atoms with E-state index in [1.165, 1.54) is 24.0 Å². The summed E-state index contributed by atoms with van der Waals surface area (Å²) in [4.78, 5) is 81.3. The van der Waals surface area contributed by atoms with Crippen molar-refractivity contribution in [2.45, 2.75) is 225 Å². The molecule has 630 valence electrons. The number of nitrogens with one attached hydrogen (secondary N) is 5. The van der Waals surface area contributed by atoms with Gasteiger partial charge in [0.1, 0.15) is 34.7 Å². The Kier molecular flexibility index (Phi) is 44.1. The lowest BCUT2D eigenvalue weighted by atomic mass is 9.68. The van der Waals surface area contributed by atoms with Crippen LogP contribution in [0.15, 0.2) is 170 Å². The van der Waals surface area contributed by atoms with E-state index in [2.05, 4.69) is 147 Å². The average molecular weight is 1650 g/mol. The Hall–Kier alpha value is -6.59. The van der Waals surface area contributed by atoms with Crippen LogP contribution in [0.1, 0.15) is 237 Å². The molecule has 0 amide bonds. The monoisotopic (exact) mass is 1650 g/mol. The van der Waals surface area contributed by atoms with E-state index in [4.69, 9.17) is 46.4 Å². The molecule has 9 rings (SSSR count). The van der Waals surface area contributed by atoms with E-state index >= 15 is 0 Å². The number of hydrogen-bond donors (Lipinski definition) is 5. The van der Waals surface area contributed by atoms with Gasteiger partial charge in [0.05, 0.1) is 35.0 Å². The molecule has 3 heterocycles. The highest BCUT2D eigenvalue weighted by molar-refractivity contribution is 6.31. The van der Waals surface area contributed by atoms with Gasteiger partial charge in [-0.1, -0.05) is 299 Å². The van der Waals surface area contributed by atoms with Gasteiger partial charge in [-0.15, -0.1) is 0 Å². The zero-order valence-corrected chi connectivity index (χ0v) is 76.4. The minimum Gasteiger partial charge on any atom is -0.315 e. The third-order valence-corrected chi connectivity index (χ3v) is 21.5. The predicted octanol–water partition coefficient (Wildman–Crippen LogP) is 21.7. The third kappa shape index (κ3) is 35.9. The Morgan fingerprint density at radius 3 is 1.09 bits per heavy atom. The number of Topliss-reactive ketones (excluding diaryl/α,β-unsaturated/α-hetero) is 6. The molecule has 2 aliphatic heterocycles. The molecule has 5 N–H and O–H groups in total. The highest BCUT2D eigenvalue weighted by Crippen LogP contribution is 2.39. The summed E-state index contributed by atoms with van der Waals surface area (Å²) in [5, 5.41) is 19.7. The Bertz CT molecular complexity index is 3910. The topological polar surface area (TPSA) is 179 Å². The number of aryl methyl sites for hydroxylation is 2. The molecule has 2 aliphatic rings. The lowest BCUT2D eigenvalue weighted by Crippen LogP contribution is -2.44. The number of hydrogen-bond acceptors (Lipinski definition) is 13. The third-order valence-electron chi connectivity index (χ3n) is 20.5. The Morgan fingerprint density at radius 1 is 0.443 bits per heavy atom. The van der Waals surface area contributed by atoms with Gasteiger partial charge in [-0.2, -0.15) is 0 Å². The molecule has 0 bridgehead atoms. The quantitative estimate of drug-likeness (QED) is 0.0269. The fourth-order valence-corrected chi connectivity index (χ4v) is 14.2. The van der Waals surface area contributed by atoms with E-state index in [-0.39, 0.29) is 87.0 Å². The van der Waals surface area contributed by atoms with Crippen molar-refractivity contribution >= 4 is 81.1 Å². The van der Waals surface area contributed by atoms with Gasteiger partial charge in [-0.05, 0) is 152 Å². The number of ketones is 6. The molecule has 6 unspecified atom stereocenters. The second-order valence-corrected chi connectivity index (χ2v) is 37.2. The fourth-order valence-electron chi connectivity index (χ4n) is 13.7. The zero-order chi connectivity index (χ0) is 85.9. The maximum Gasteiger partial charge on any atom is 0.150 e. The lowest BCUT2D eigenvalue weighted by molar-refractivity contribution is -0.131. The first kappa shape index (κ1) is 101. The lowest BCUT2D eigenvalue weighted by Gasteiger charge is -2.33. The summed E-state index contributed by atoms with van der Waals surface area (Å²) in [7, 11) is 0. The van der Waals surface area contributed by atoms with Crippen molar-refractivity contribution in [3.8, 4) is 0 Å². The molecule has 115 heavy (non-hydrogen) atoms. The zero-order valence-electron chi connectivity index (χ0n) is 73.3. The SMILES string of the molecule is CC(C)(C)C(=O)C1(c2ccc(Cl)cc2)CCNC1.CC(C)C(=O)C(CN1CCCC1)c1ccc(Cl)cc1.CC(C)C(=O)C(CNCC(C)(C)C)c1ccc(Cl)cc1.CC(C)C(=O)C(CNCc1cccnc1)c1ccc(Cl)cc1.Cc1ccc(C(CNC(C)C)C(=O)C(C)C)cc1.Cc1ccc(C(CNC(C)C)C(=O)C(C)C)cc1. The first-order valence-corrected chi connectivity index (χ1v) is 43.2. The van der Waals surface area contributed by atoms with Gasteiger partial charge in [0, 0.05) is 132 Å². The number of carbonyl (C=O) groups is 6. The van der Waals surface area contributed by atoms with Crippen LogP contribution in [0.2, 0.25) is 20.1 Å². The Balaban J connectivity index is 0.000000291. The molecule has 0 saturated carbocycles. The number of nitrogens with zero attached hydrogens (tertiary/aromatic N) is 2. The van der Waals surface area contributed by atoms with Gasteiger partial charge in [0.15, 0.2) is 0 Å². The summed E-state index contributed by atoms with van der Waals surface area (Å²) in [6, 6.07) is 51.9. The molecule has 13 nitrogen and oxygen atoms in total. The second kappa shape index (κ2) is 50.4. The maximum atomic E-state index is 12.8. The van der Waals surface area contributed by atoms with Gasteiger partial charge in [0.2, 0.25) is 0 Å². The minimum atomic E-state index is -0.386. The van der Waals surface area contributed by atoms with Crippen molar-refractivity contribution in [1.29, 1.82) is 0 Å². The molecule has 0 radical (unpaired) electrons. The smallest absolute Gasteiger partial charge is 0.150 e. The molecule has 1 aromatic heterocycles. The molecule has 7 aromatic rings.